The molecule has 9 nitrogen and oxygen atoms in total. The maximum absolute atomic E-state index is 15.2. The van der Waals surface area contributed by atoms with Crippen LogP contribution in [-0.2, 0) is 0 Å². The first-order valence-corrected chi connectivity index (χ1v) is 12.1. The highest BCUT2D eigenvalue weighted by Crippen LogP contribution is 2.34. The van der Waals surface area contributed by atoms with Crippen LogP contribution in [-0.4, -0.2) is 78.0 Å². The fraction of sp³-hybridized carbons (Fsp3) is 0.296. The molecule has 3 heterocycles. The summed E-state index contributed by atoms with van der Waals surface area (Å²) in [6, 6.07) is 12.9. The van der Waals surface area contributed by atoms with E-state index in [1.165, 1.54) is 17.3 Å². The average Bonchev–Trinajstić information content (AvgIpc) is 3.27. The highest BCUT2D eigenvalue weighted by atomic mass is 19.1. The van der Waals surface area contributed by atoms with E-state index in [1.54, 1.807) is 26.2 Å². The molecule has 192 valence electrons. The largest absolute Gasteiger partial charge is 0.435 e. The van der Waals surface area contributed by atoms with Crippen molar-refractivity contribution in [2.75, 3.05) is 57.5 Å². The number of rotatable bonds is 6. The molecule has 1 amide bonds. The Hall–Kier alpha value is -4.18. The first-order chi connectivity index (χ1) is 17.8. The van der Waals surface area contributed by atoms with Crippen molar-refractivity contribution in [2.45, 2.75) is 6.92 Å². The van der Waals surface area contributed by atoms with Crippen molar-refractivity contribution in [3.8, 4) is 11.6 Å². The zero-order valence-electron chi connectivity index (χ0n) is 21.4. The molecule has 4 aromatic rings. The van der Waals surface area contributed by atoms with Gasteiger partial charge in [0, 0.05) is 68.2 Å². The molecule has 1 aliphatic heterocycles. The lowest BCUT2D eigenvalue weighted by Crippen LogP contribution is -2.44. The molecule has 0 bridgehead atoms. The van der Waals surface area contributed by atoms with E-state index in [1.807, 2.05) is 25.1 Å². The van der Waals surface area contributed by atoms with E-state index in [-0.39, 0.29) is 28.9 Å². The van der Waals surface area contributed by atoms with Crippen LogP contribution in [0.3, 0.4) is 0 Å². The number of aromatic amines is 1. The molecule has 2 aromatic carbocycles. The number of aryl methyl sites for hydroxylation is 1. The highest BCUT2D eigenvalue weighted by molar-refractivity contribution is 6.01. The van der Waals surface area contributed by atoms with Gasteiger partial charge in [-0.1, -0.05) is 6.07 Å². The maximum atomic E-state index is 15.2. The summed E-state index contributed by atoms with van der Waals surface area (Å²) in [6.45, 7) is 5.72. The van der Waals surface area contributed by atoms with Crippen LogP contribution in [0, 0.1) is 12.7 Å². The minimum atomic E-state index is -0.530. The number of hydrogen-bond donors (Lipinski definition) is 2. The lowest BCUT2D eigenvalue weighted by molar-refractivity contribution is 0.0825. The summed E-state index contributed by atoms with van der Waals surface area (Å²) in [5.41, 5.74) is 3.46. The van der Waals surface area contributed by atoms with Crippen LogP contribution in [0.2, 0.25) is 0 Å². The number of aromatic nitrogens is 3. The van der Waals surface area contributed by atoms with Gasteiger partial charge in [-0.05, 0) is 50.4 Å². The van der Waals surface area contributed by atoms with Gasteiger partial charge in [0.2, 0.25) is 5.88 Å². The van der Waals surface area contributed by atoms with Crippen molar-refractivity contribution in [1.29, 1.82) is 0 Å². The summed E-state index contributed by atoms with van der Waals surface area (Å²) in [7, 11) is 5.38. The molecule has 2 N–H and O–H groups in total. The normalized spacial score (nSPS) is 14.1. The predicted octanol–water partition coefficient (Wildman–Crippen LogP) is 4.39. The minimum Gasteiger partial charge on any atom is -0.435 e. The molecule has 1 saturated heterocycles. The van der Waals surface area contributed by atoms with Gasteiger partial charge in [0.05, 0.1) is 0 Å². The number of hydrogen-bond acceptors (Lipinski definition) is 7. The third kappa shape index (κ3) is 5.05. The fourth-order valence-electron chi connectivity index (χ4n) is 4.41. The molecule has 2 aromatic heterocycles. The summed E-state index contributed by atoms with van der Waals surface area (Å²) in [5.74, 6) is -0.679. The van der Waals surface area contributed by atoms with Crippen molar-refractivity contribution in [3.63, 3.8) is 0 Å². The van der Waals surface area contributed by atoms with Gasteiger partial charge < -0.3 is 29.7 Å². The fourth-order valence-corrected chi connectivity index (χ4v) is 4.41. The Labute approximate surface area is 214 Å². The molecule has 5 rings (SSSR count). The molecular formula is C27H30FN7O2. The monoisotopic (exact) mass is 503 g/mol. The number of ether oxygens (including phenoxy) is 1. The van der Waals surface area contributed by atoms with Crippen LogP contribution < -0.4 is 15.0 Å². The maximum Gasteiger partial charge on any atom is 0.262 e. The number of carbonyl (C=O) groups is 1. The number of fused-ring (bicyclic) bond motifs is 1. The number of benzene rings is 2. The Morgan fingerprint density at radius 1 is 1.11 bits per heavy atom. The number of H-pyrrole nitrogens is 1. The van der Waals surface area contributed by atoms with Gasteiger partial charge in [0.25, 0.3) is 5.91 Å². The number of amides is 1. The second kappa shape index (κ2) is 10.1. The van der Waals surface area contributed by atoms with Gasteiger partial charge in [-0.25, -0.2) is 14.4 Å². The van der Waals surface area contributed by atoms with E-state index in [0.717, 1.165) is 43.2 Å². The lowest BCUT2D eigenvalue weighted by Gasteiger charge is -2.34. The molecule has 0 saturated carbocycles. The number of nitrogens with one attached hydrogen (secondary N) is 2. The van der Waals surface area contributed by atoms with E-state index >= 15 is 4.39 Å². The number of likely N-dealkylation sites (N-methyl/N-ethyl adjacent to an activating group) is 1. The molecular weight excluding hydrogens is 473 g/mol. The van der Waals surface area contributed by atoms with Gasteiger partial charge in [-0.2, -0.15) is 0 Å². The van der Waals surface area contributed by atoms with Crippen molar-refractivity contribution in [1.82, 2.24) is 24.8 Å². The van der Waals surface area contributed by atoms with Gasteiger partial charge in [0.1, 0.15) is 11.9 Å². The molecule has 0 atom stereocenters. The SMILES string of the molecule is Cc1cc2c(F)c(Oc3ncnc(Nc4cccc(N5CCN(C)CC5)c4)c3C(=O)N(C)C)ccc2[nH]1. The predicted molar refractivity (Wildman–Crippen MR) is 143 cm³/mol. The highest BCUT2D eigenvalue weighted by Gasteiger charge is 2.24. The van der Waals surface area contributed by atoms with Crippen molar-refractivity contribution in [2.24, 2.45) is 0 Å². The van der Waals surface area contributed by atoms with Crippen LogP contribution in [0.1, 0.15) is 16.1 Å². The molecule has 1 aliphatic rings. The Kier molecular flexibility index (Phi) is 6.66. The molecule has 0 unspecified atom stereocenters. The van der Waals surface area contributed by atoms with Crippen molar-refractivity contribution in [3.05, 3.63) is 65.9 Å². The van der Waals surface area contributed by atoms with Gasteiger partial charge in [-0.15, -0.1) is 0 Å². The third-order valence-electron chi connectivity index (χ3n) is 6.45. The van der Waals surface area contributed by atoms with E-state index in [0.29, 0.717) is 10.9 Å². The van der Waals surface area contributed by atoms with Crippen LogP contribution in [0.5, 0.6) is 11.6 Å². The Morgan fingerprint density at radius 2 is 1.89 bits per heavy atom. The average molecular weight is 504 g/mol. The van der Waals surface area contributed by atoms with E-state index in [9.17, 15) is 4.79 Å². The van der Waals surface area contributed by atoms with E-state index < -0.39 is 5.82 Å². The molecule has 10 heteroatoms. The number of piperazine rings is 1. The quantitative estimate of drug-likeness (QED) is 0.403. The number of anilines is 3. The van der Waals surface area contributed by atoms with Crippen LogP contribution in [0.4, 0.5) is 21.6 Å². The first kappa shape index (κ1) is 24.5. The summed E-state index contributed by atoms with van der Waals surface area (Å²) in [6.07, 6.45) is 1.30. The first-order valence-electron chi connectivity index (χ1n) is 12.1. The zero-order valence-corrected chi connectivity index (χ0v) is 21.4. The second-order valence-corrected chi connectivity index (χ2v) is 9.46. The Balaban J connectivity index is 1.48. The van der Waals surface area contributed by atoms with E-state index in [2.05, 4.69) is 43.2 Å². The van der Waals surface area contributed by atoms with Crippen LogP contribution >= 0.6 is 0 Å². The summed E-state index contributed by atoms with van der Waals surface area (Å²) in [4.78, 5) is 30.9. The molecule has 1 fully saturated rings. The molecule has 37 heavy (non-hydrogen) atoms. The number of carbonyl (C=O) groups excluding carboxylic acids is 1. The Morgan fingerprint density at radius 3 is 2.65 bits per heavy atom. The third-order valence-corrected chi connectivity index (χ3v) is 6.45. The summed E-state index contributed by atoms with van der Waals surface area (Å²) >= 11 is 0. The number of halogens is 1. The standard InChI is InChI=1S/C27H30FN7O2/c1-17-14-20-21(31-17)8-9-22(24(20)28)37-26-23(27(36)33(2)3)25(29-16-30-26)32-18-6-5-7-19(15-18)35-12-10-34(4)11-13-35/h5-9,14-16,31H,10-13H2,1-4H3,(H,29,30,32). The van der Waals surface area contributed by atoms with Crippen LogP contribution in [0.25, 0.3) is 10.9 Å². The lowest BCUT2D eigenvalue weighted by atomic mass is 10.2. The Bertz CT molecular complexity index is 1440. The number of nitrogens with zero attached hydrogens (tertiary/aromatic N) is 5. The molecule has 0 spiro atoms. The zero-order chi connectivity index (χ0) is 26.1. The minimum absolute atomic E-state index is 0.0268. The van der Waals surface area contributed by atoms with Gasteiger partial charge >= 0.3 is 0 Å². The van der Waals surface area contributed by atoms with Crippen molar-refractivity contribution >= 4 is 34.0 Å². The molecule has 0 aliphatic carbocycles. The topological polar surface area (TPSA) is 89.6 Å². The van der Waals surface area contributed by atoms with Crippen molar-refractivity contribution < 1.29 is 13.9 Å². The summed E-state index contributed by atoms with van der Waals surface area (Å²) < 4.78 is 21.1. The molecule has 0 radical (unpaired) electrons. The second-order valence-electron chi connectivity index (χ2n) is 9.46. The van der Waals surface area contributed by atoms with Crippen LogP contribution in [0.15, 0.2) is 48.8 Å². The van der Waals surface area contributed by atoms with E-state index in [4.69, 9.17) is 4.74 Å². The van der Waals surface area contributed by atoms with Gasteiger partial charge in [-0.3, -0.25) is 4.79 Å². The smallest absolute Gasteiger partial charge is 0.262 e. The summed E-state index contributed by atoms with van der Waals surface area (Å²) in [5, 5.41) is 3.66. The van der Waals surface area contributed by atoms with Gasteiger partial charge in [0.15, 0.2) is 17.4 Å².